The Bertz CT molecular complexity index is 4820. The first-order valence-electron chi connectivity index (χ1n) is 33.8. The van der Waals surface area contributed by atoms with E-state index in [2.05, 4.69) is 52.5 Å². The van der Waals surface area contributed by atoms with Crippen molar-refractivity contribution in [3.63, 3.8) is 0 Å². The molecular formula is C74H79Cl3F6N16O13. The summed E-state index contributed by atoms with van der Waals surface area (Å²) < 4.78 is 97.8. The first-order chi connectivity index (χ1) is 53.2. The van der Waals surface area contributed by atoms with Crippen LogP contribution in [0.25, 0.3) is 32.3 Å². The number of hydrogen-bond acceptors (Lipinski definition) is 21. The van der Waals surface area contributed by atoms with Gasteiger partial charge in [-0.05, 0) is 145 Å². The van der Waals surface area contributed by atoms with Crippen LogP contribution in [0.3, 0.4) is 0 Å². The van der Waals surface area contributed by atoms with Crippen molar-refractivity contribution >= 4 is 133 Å². The molecular weight excluding hydrogens is 1540 g/mol. The summed E-state index contributed by atoms with van der Waals surface area (Å²) in [5, 5.41) is 26.7. The number of nitrogens with zero attached hydrogens (tertiary/aromatic N) is 7. The summed E-state index contributed by atoms with van der Waals surface area (Å²) in [4.78, 5) is 116. The Kier molecular flexibility index (Phi) is 33.3. The Balaban J connectivity index is 0.000000234. The standard InChI is InChI=1S/C27H30ClF2N5O5.C25H27ClF2N6O5.C22H22ClF2N5O3/c1-17(37)35(32-13-19-6-5-7-23(30)25(19)28)22(14-34(16-36)40-27(2,3)4)15-39-26(38)33-24-11-20-10-21(29)9-8-18(20)12-31-24;1-14(36)34(32-10-16-3-2-4-20(28)23(16)26)19(11-31-24(37)21(29)12-35)13-39-25(38)33-22-8-17-7-18(27)6-5-15(17)9-30-22;1-13(31)30(28-11-15-3-2-4-19(25)21(15)23)18(9-26)12-33-22(32)29-20-8-16-7-17(24)6-5-14(16)10-27-20/h5-12,16,22,32H,13-15H2,1-4H3,(H,31,33,38);2-9,19,21,32,35H,10-13,29H2,1H3,(H,31,37)(H,30,33,38);2-8,10,18,28H,9,11-12,26H2,1H3,(H,27,29,32)/t22-;19-,21+;18-/m000/s1. The maximum atomic E-state index is 13.9. The second kappa shape index (κ2) is 42.3. The molecule has 0 unspecified atom stereocenters. The number of nitrogens with one attached hydrogen (secondary N) is 7. The van der Waals surface area contributed by atoms with Crippen LogP contribution in [0.1, 0.15) is 58.2 Å². The van der Waals surface area contributed by atoms with Crippen molar-refractivity contribution in [3.8, 4) is 0 Å². The Morgan fingerprint density at radius 2 is 0.848 bits per heavy atom. The summed E-state index contributed by atoms with van der Waals surface area (Å²) in [7, 11) is 0. The molecule has 38 heteroatoms. The zero-order valence-electron chi connectivity index (χ0n) is 60.8. The third kappa shape index (κ3) is 27.1. The van der Waals surface area contributed by atoms with Crippen LogP contribution >= 0.6 is 34.8 Å². The molecule has 0 radical (unpaired) electrons. The van der Waals surface area contributed by atoms with Gasteiger partial charge in [0.2, 0.25) is 30.0 Å². The number of nitrogens with two attached hydrogens (primary N) is 2. The molecule has 0 saturated carbocycles. The number of pyridine rings is 3. The number of anilines is 3. The van der Waals surface area contributed by atoms with Crippen molar-refractivity contribution in [2.45, 2.75) is 90.9 Å². The number of aliphatic hydroxyl groups is 1. The lowest BCUT2D eigenvalue weighted by Gasteiger charge is -2.35. The third-order valence-corrected chi connectivity index (χ3v) is 17.0. The number of carbonyl (C=O) groups is 8. The fraction of sp³-hybridized carbons (Fsp3) is 0.284. The average molecular weight is 1620 g/mol. The lowest BCUT2D eigenvalue weighted by Crippen LogP contribution is -2.56. The SMILES string of the molecule is CC(=O)N(NCc1cccc(F)c1Cl)[C@@H](CN)COC(=O)Nc1cc2cc(F)ccc2cn1.CC(=O)N(NCc1cccc(F)c1Cl)[C@@H](CNC(=O)[C@H](N)CO)COC(=O)Nc1cc2cc(F)ccc2cn1.CC(=O)N(NCc1cccc(F)c1Cl)[C@H](COC(=O)Nc1cc2cc(F)ccc2cn1)CN(C=O)OC(C)(C)C. The van der Waals surface area contributed by atoms with E-state index < -0.39 is 114 Å². The third-order valence-electron chi connectivity index (χ3n) is 15.7. The average Bonchev–Trinajstić information content (AvgIpc) is 0.836. The molecule has 0 spiro atoms. The molecule has 0 fully saturated rings. The molecule has 9 rings (SSSR count). The van der Waals surface area contributed by atoms with Crippen LogP contribution in [0, 0.1) is 34.9 Å². The second-order valence-electron chi connectivity index (χ2n) is 25.3. The fourth-order valence-electron chi connectivity index (χ4n) is 10.3. The molecule has 3 aromatic heterocycles. The van der Waals surface area contributed by atoms with Crippen molar-refractivity contribution in [1.82, 2.24) is 56.6 Å². The number of aromatic nitrogens is 3. The topological polar surface area (TPSA) is 382 Å². The van der Waals surface area contributed by atoms with E-state index in [0.717, 1.165) is 15.1 Å². The minimum Gasteiger partial charge on any atom is -0.447 e. The first-order valence-corrected chi connectivity index (χ1v) is 35.0. The molecule has 0 bridgehead atoms. The molecule has 0 aliphatic rings. The lowest BCUT2D eigenvalue weighted by atomic mass is 10.2. The molecule has 9 aromatic rings. The molecule has 0 aliphatic carbocycles. The van der Waals surface area contributed by atoms with Gasteiger partial charge in [0.1, 0.15) is 84.3 Å². The van der Waals surface area contributed by atoms with E-state index >= 15 is 0 Å². The number of rotatable bonds is 30. The smallest absolute Gasteiger partial charge is 0.412 e. The Morgan fingerprint density at radius 1 is 0.509 bits per heavy atom. The minimum absolute atomic E-state index is 0.0236. The molecule has 4 atom stereocenters. The quantitative estimate of drug-likeness (QED) is 0.00865. The summed E-state index contributed by atoms with van der Waals surface area (Å²) in [6, 6.07) is 25.9. The molecule has 12 N–H and O–H groups in total. The van der Waals surface area contributed by atoms with Gasteiger partial charge in [0.05, 0.1) is 45.9 Å². The maximum absolute atomic E-state index is 13.9. The number of carbonyl (C=O) groups excluding carboxylic acids is 8. The van der Waals surface area contributed by atoms with Gasteiger partial charge in [-0.3, -0.25) is 59.8 Å². The molecule has 6 aromatic carbocycles. The number of ether oxygens (including phenoxy) is 3. The highest BCUT2D eigenvalue weighted by Crippen LogP contribution is 2.26. The normalized spacial score (nSPS) is 12.1. The number of hydrogen-bond donors (Lipinski definition) is 10. The lowest BCUT2D eigenvalue weighted by molar-refractivity contribution is -0.222. The summed E-state index contributed by atoms with van der Waals surface area (Å²) in [5.74, 6) is -4.85. The van der Waals surface area contributed by atoms with E-state index in [1.165, 1.54) is 135 Å². The van der Waals surface area contributed by atoms with Crippen LogP contribution in [0.15, 0.2) is 146 Å². The second-order valence-corrected chi connectivity index (χ2v) is 26.4. The van der Waals surface area contributed by atoms with Crippen molar-refractivity contribution in [3.05, 3.63) is 213 Å². The Labute approximate surface area is 652 Å². The van der Waals surface area contributed by atoms with Gasteiger partial charge in [-0.25, -0.2) is 77.0 Å². The van der Waals surface area contributed by atoms with Crippen molar-refractivity contribution in [1.29, 1.82) is 0 Å². The highest BCUT2D eigenvalue weighted by Gasteiger charge is 2.30. The van der Waals surface area contributed by atoms with E-state index in [1.54, 1.807) is 57.2 Å². The van der Waals surface area contributed by atoms with E-state index in [0.29, 0.717) is 55.4 Å². The van der Waals surface area contributed by atoms with Crippen molar-refractivity contribution in [2.24, 2.45) is 11.5 Å². The van der Waals surface area contributed by atoms with Crippen LogP contribution in [0.2, 0.25) is 15.1 Å². The van der Waals surface area contributed by atoms with Gasteiger partial charge in [-0.2, -0.15) is 0 Å². The monoisotopic (exact) mass is 1620 g/mol. The van der Waals surface area contributed by atoms with Crippen molar-refractivity contribution in [2.75, 3.05) is 62.0 Å². The van der Waals surface area contributed by atoms with E-state index in [1.807, 2.05) is 0 Å². The number of aliphatic hydroxyl groups excluding tert-OH is 1. The maximum Gasteiger partial charge on any atom is 0.412 e. The van der Waals surface area contributed by atoms with E-state index in [-0.39, 0.29) is 90.9 Å². The van der Waals surface area contributed by atoms with Gasteiger partial charge in [0.25, 0.3) is 0 Å². The zero-order chi connectivity index (χ0) is 81.9. The molecule has 112 heavy (non-hydrogen) atoms. The summed E-state index contributed by atoms with van der Waals surface area (Å²) >= 11 is 18.0. The van der Waals surface area contributed by atoms with Crippen LogP contribution in [0.5, 0.6) is 0 Å². The van der Waals surface area contributed by atoms with Gasteiger partial charge in [0.15, 0.2) is 0 Å². The minimum atomic E-state index is -1.21. The zero-order valence-corrected chi connectivity index (χ0v) is 63.1. The first kappa shape index (κ1) is 88.1. The van der Waals surface area contributed by atoms with Gasteiger partial charge in [-0.15, -0.1) is 0 Å². The highest BCUT2D eigenvalue weighted by atomic mass is 35.5. The molecule has 596 valence electrons. The van der Waals surface area contributed by atoms with Gasteiger partial charge in [0, 0.05) is 88.2 Å². The number of halogens is 9. The molecule has 29 nitrogen and oxygen atoms in total. The molecule has 8 amide bonds. The van der Waals surface area contributed by atoms with Gasteiger partial charge >= 0.3 is 18.3 Å². The number of hydrazine groups is 3. The number of benzene rings is 6. The van der Waals surface area contributed by atoms with Crippen LogP contribution in [-0.4, -0.2) is 164 Å². The van der Waals surface area contributed by atoms with Gasteiger partial charge < -0.3 is 36.1 Å². The Hall–Kier alpha value is -11.1. The predicted octanol–water partition coefficient (Wildman–Crippen LogP) is 10.5. The fourth-order valence-corrected chi connectivity index (χ4v) is 10.9. The molecule has 0 aliphatic heterocycles. The Morgan fingerprint density at radius 3 is 1.18 bits per heavy atom. The summed E-state index contributed by atoms with van der Waals surface area (Å²) in [5.41, 5.74) is 20.3. The predicted molar refractivity (Wildman–Crippen MR) is 404 cm³/mol. The number of hydroxylamine groups is 2. The molecule has 3 heterocycles. The van der Waals surface area contributed by atoms with E-state index in [4.69, 9.17) is 70.4 Å². The van der Waals surface area contributed by atoms with E-state index in [9.17, 15) is 64.7 Å². The van der Waals surface area contributed by atoms with Crippen molar-refractivity contribution < 1.29 is 88.9 Å². The number of fused-ring (bicyclic) bond motifs is 3. The van der Waals surface area contributed by atoms with Crippen LogP contribution in [-0.2, 0) is 62.7 Å². The summed E-state index contributed by atoms with van der Waals surface area (Å²) in [6.45, 7) is 6.88. The summed E-state index contributed by atoms with van der Waals surface area (Å²) in [6.07, 6.45) is 2.19. The van der Waals surface area contributed by atoms with Gasteiger partial charge in [-0.1, -0.05) is 71.2 Å². The van der Waals surface area contributed by atoms with Crippen LogP contribution in [0.4, 0.5) is 58.2 Å². The largest absolute Gasteiger partial charge is 0.447 e. The highest BCUT2D eigenvalue weighted by molar-refractivity contribution is 6.32. The van der Waals surface area contributed by atoms with Crippen LogP contribution < -0.4 is 49.0 Å². The molecule has 0 saturated heterocycles. The number of amides is 8.